The minimum atomic E-state index is -0.326. The number of ether oxygens (including phenoxy) is 1. The second-order valence-electron chi connectivity index (χ2n) is 7.87. The zero-order valence-electron chi connectivity index (χ0n) is 18.9. The van der Waals surface area contributed by atoms with Gasteiger partial charge in [0.15, 0.2) is 0 Å². The number of aromatic nitrogens is 2. The lowest BCUT2D eigenvalue weighted by Gasteiger charge is -2.19. The zero-order valence-corrected chi connectivity index (χ0v) is 18.9. The number of pyridine rings is 2. The summed E-state index contributed by atoms with van der Waals surface area (Å²) in [4.78, 5) is 22.9. The maximum absolute atomic E-state index is 13.7. The lowest BCUT2D eigenvalue weighted by Crippen LogP contribution is -2.26. The third-order valence-corrected chi connectivity index (χ3v) is 5.51. The molecule has 0 unspecified atom stereocenters. The molecule has 0 aliphatic carbocycles. The van der Waals surface area contributed by atoms with Gasteiger partial charge >= 0.3 is 0 Å². The molecule has 0 bridgehead atoms. The summed E-state index contributed by atoms with van der Waals surface area (Å²) in [6, 6.07) is 24.3. The fraction of sp³-hybridized carbons (Fsp3) is 0.0357. The topological polar surface area (TPSA) is 67.4 Å². The molecular weight excluding hydrogens is 443 g/mol. The number of hydrogen-bond acceptors (Lipinski definition) is 5. The molecule has 172 valence electrons. The van der Waals surface area contributed by atoms with Crippen molar-refractivity contribution in [3.05, 3.63) is 115 Å². The molecule has 1 N–H and O–H groups in total. The van der Waals surface area contributed by atoms with Crippen LogP contribution >= 0.6 is 0 Å². The number of nitrogens with one attached hydrogen (secondary N) is 1. The Hall–Kier alpha value is -4.78. The van der Waals surface area contributed by atoms with Gasteiger partial charge in [-0.3, -0.25) is 14.8 Å². The van der Waals surface area contributed by atoms with E-state index in [2.05, 4.69) is 15.3 Å². The molecule has 0 fully saturated rings. The Kier molecular flexibility index (Phi) is 6.05. The second-order valence-corrected chi connectivity index (χ2v) is 7.87. The Morgan fingerprint density at radius 2 is 1.69 bits per heavy atom. The highest BCUT2D eigenvalue weighted by atomic mass is 19.1. The minimum absolute atomic E-state index is 0.158. The first kappa shape index (κ1) is 22.0. The van der Waals surface area contributed by atoms with Gasteiger partial charge < -0.3 is 15.0 Å². The van der Waals surface area contributed by atoms with Crippen molar-refractivity contribution in [3.63, 3.8) is 0 Å². The van der Waals surface area contributed by atoms with Crippen LogP contribution < -0.4 is 15.0 Å². The number of carbonyl (C=O) groups excluding carboxylic acids is 1. The Balaban J connectivity index is 1.31. The molecule has 0 saturated carbocycles. The summed E-state index contributed by atoms with van der Waals surface area (Å²) in [6.45, 7) is 0. The maximum atomic E-state index is 13.7. The van der Waals surface area contributed by atoms with E-state index in [-0.39, 0.29) is 11.7 Å². The van der Waals surface area contributed by atoms with Gasteiger partial charge in [-0.05, 0) is 72.8 Å². The Labute approximate surface area is 201 Å². The first-order chi connectivity index (χ1) is 17.1. The van der Waals surface area contributed by atoms with Crippen molar-refractivity contribution in [2.75, 3.05) is 17.3 Å². The average molecular weight is 465 g/mol. The monoisotopic (exact) mass is 464 g/mol. The summed E-state index contributed by atoms with van der Waals surface area (Å²) in [5, 5.41) is 3.96. The van der Waals surface area contributed by atoms with Crippen LogP contribution in [0, 0.1) is 5.82 Å². The SMILES string of the molecule is CN(C(=O)c1ccc(Nc2ccnc3ccc(F)cc23)cc1)c1cccc(Oc2ccncc2)c1. The first-order valence-corrected chi connectivity index (χ1v) is 10.9. The summed E-state index contributed by atoms with van der Waals surface area (Å²) in [5.74, 6) is 0.801. The maximum Gasteiger partial charge on any atom is 0.258 e. The van der Waals surface area contributed by atoms with Gasteiger partial charge in [0.25, 0.3) is 5.91 Å². The molecule has 1 amide bonds. The van der Waals surface area contributed by atoms with Crippen LogP contribution in [0.2, 0.25) is 0 Å². The van der Waals surface area contributed by atoms with Crippen LogP contribution in [-0.4, -0.2) is 22.9 Å². The van der Waals surface area contributed by atoms with E-state index in [9.17, 15) is 9.18 Å². The quantitative estimate of drug-likeness (QED) is 0.307. The fourth-order valence-electron chi connectivity index (χ4n) is 3.69. The van der Waals surface area contributed by atoms with E-state index in [1.54, 1.807) is 66.9 Å². The number of halogens is 1. The van der Waals surface area contributed by atoms with E-state index < -0.39 is 0 Å². The van der Waals surface area contributed by atoms with Gasteiger partial charge in [-0.25, -0.2) is 4.39 Å². The highest BCUT2D eigenvalue weighted by molar-refractivity contribution is 6.06. The number of hydrogen-bond donors (Lipinski definition) is 1. The summed E-state index contributed by atoms with van der Waals surface area (Å²) in [7, 11) is 1.72. The summed E-state index contributed by atoms with van der Waals surface area (Å²) < 4.78 is 19.6. The van der Waals surface area contributed by atoms with Crippen molar-refractivity contribution in [2.24, 2.45) is 0 Å². The fourth-order valence-corrected chi connectivity index (χ4v) is 3.69. The number of fused-ring (bicyclic) bond motifs is 1. The normalized spacial score (nSPS) is 10.7. The van der Waals surface area contributed by atoms with Crippen LogP contribution in [0.15, 0.2) is 104 Å². The highest BCUT2D eigenvalue weighted by Gasteiger charge is 2.14. The zero-order chi connectivity index (χ0) is 24.2. The van der Waals surface area contributed by atoms with E-state index in [0.717, 1.165) is 11.4 Å². The Bertz CT molecular complexity index is 1490. The number of benzene rings is 3. The van der Waals surface area contributed by atoms with E-state index in [1.165, 1.54) is 12.1 Å². The minimum Gasteiger partial charge on any atom is -0.457 e. The lowest BCUT2D eigenvalue weighted by atomic mass is 10.1. The van der Waals surface area contributed by atoms with E-state index in [4.69, 9.17) is 4.74 Å². The second kappa shape index (κ2) is 9.61. The van der Waals surface area contributed by atoms with Crippen LogP contribution in [0.5, 0.6) is 11.5 Å². The van der Waals surface area contributed by atoms with E-state index in [1.807, 2.05) is 36.4 Å². The molecule has 6 nitrogen and oxygen atoms in total. The van der Waals surface area contributed by atoms with Crippen LogP contribution in [0.3, 0.4) is 0 Å². The predicted molar refractivity (Wildman–Crippen MR) is 135 cm³/mol. The molecule has 7 heteroatoms. The summed E-state index contributed by atoms with van der Waals surface area (Å²) in [5.41, 5.74) is 3.43. The first-order valence-electron chi connectivity index (χ1n) is 10.9. The van der Waals surface area contributed by atoms with Gasteiger partial charge in [-0.1, -0.05) is 6.07 Å². The molecule has 0 aliphatic rings. The number of amides is 1. The Morgan fingerprint density at radius 1 is 0.886 bits per heavy atom. The molecule has 5 aromatic rings. The third kappa shape index (κ3) is 4.94. The van der Waals surface area contributed by atoms with Crippen molar-refractivity contribution >= 4 is 33.9 Å². The standard InChI is InChI=1S/C28H21FN4O2/c1-33(22-3-2-4-24(18-22)35-23-11-14-30-15-12-23)28(34)19-5-8-21(9-6-19)32-27-13-16-31-26-10-7-20(29)17-25(26)27/h2-18H,1H3,(H,31,32). The smallest absolute Gasteiger partial charge is 0.258 e. The van der Waals surface area contributed by atoms with Crippen molar-refractivity contribution in [2.45, 2.75) is 0 Å². The molecule has 0 aliphatic heterocycles. The van der Waals surface area contributed by atoms with Crippen molar-refractivity contribution in [3.8, 4) is 11.5 Å². The van der Waals surface area contributed by atoms with Gasteiger partial charge in [-0.15, -0.1) is 0 Å². The van der Waals surface area contributed by atoms with Gasteiger partial charge in [0, 0.05) is 59.7 Å². The third-order valence-electron chi connectivity index (χ3n) is 5.51. The van der Waals surface area contributed by atoms with E-state index >= 15 is 0 Å². The number of rotatable bonds is 6. The van der Waals surface area contributed by atoms with Crippen LogP contribution in [0.4, 0.5) is 21.5 Å². The molecule has 3 aromatic carbocycles. The van der Waals surface area contributed by atoms with Crippen molar-refractivity contribution < 1.29 is 13.9 Å². The molecular formula is C28H21FN4O2. The molecule has 2 aromatic heterocycles. The predicted octanol–water partition coefficient (Wildman–Crippen LogP) is 6.58. The molecule has 0 saturated heterocycles. The van der Waals surface area contributed by atoms with Gasteiger partial charge in [0.1, 0.15) is 17.3 Å². The molecule has 2 heterocycles. The average Bonchev–Trinajstić information content (AvgIpc) is 2.89. The molecule has 0 radical (unpaired) electrons. The lowest BCUT2D eigenvalue weighted by molar-refractivity contribution is 0.0993. The number of anilines is 3. The Morgan fingerprint density at radius 3 is 2.49 bits per heavy atom. The van der Waals surface area contributed by atoms with Gasteiger partial charge in [-0.2, -0.15) is 0 Å². The molecule has 35 heavy (non-hydrogen) atoms. The molecule has 0 spiro atoms. The molecule has 5 rings (SSSR count). The van der Waals surface area contributed by atoms with Crippen molar-refractivity contribution in [1.82, 2.24) is 9.97 Å². The van der Waals surface area contributed by atoms with Crippen molar-refractivity contribution in [1.29, 1.82) is 0 Å². The summed E-state index contributed by atoms with van der Waals surface area (Å²) >= 11 is 0. The largest absolute Gasteiger partial charge is 0.457 e. The van der Waals surface area contributed by atoms with Crippen LogP contribution in [-0.2, 0) is 0 Å². The molecule has 0 atom stereocenters. The summed E-state index contributed by atoms with van der Waals surface area (Å²) in [6.07, 6.45) is 4.98. The number of carbonyl (C=O) groups is 1. The van der Waals surface area contributed by atoms with Gasteiger partial charge in [0.2, 0.25) is 0 Å². The van der Waals surface area contributed by atoms with E-state index in [0.29, 0.717) is 33.7 Å². The van der Waals surface area contributed by atoms with Crippen LogP contribution in [0.1, 0.15) is 10.4 Å². The highest BCUT2D eigenvalue weighted by Crippen LogP contribution is 2.28. The van der Waals surface area contributed by atoms with Crippen LogP contribution in [0.25, 0.3) is 10.9 Å². The van der Waals surface area contributed by atoms with Gasteiger partial charge in [0.05, 0.1) is 5.52 Å². The number of nitrogens with zero attached hydrogens (tertiary/aromatic N) is 3.